The molecule has 0 atom stereocenters. The first-order chi connectivity index (χ1) is 4.31. The standard InChI is InChI=1S/C8H13N/c1-4-6-9-7-8(3)5-2/h5-7H,2,4H2,1,3H3/b8-7-,9-6?. The Balaban J connectivity index is 3.68. The number of aliphatic imine (C=N–C) groups is 1. The summed E-state index contributed by atoms with van der Waals surface area (Å²) in [6, 6.07) is 0. The van der Waals surface area contributed by atoms with E-state index in [4.69, 9.17) is 0 Å². The number of allylic oxidation sites excluding steroid dienone is 2. The lowest BCUT2D eigenvalue weighted by Gasteiger charge is -1.82. The Morgan fingerprint density at radius 1 is 1.67 bits per heavy atom. The second-order valence-corrected chi connectivity index (χ2v) is 1.82. The molecular formula is C8H13N. The normalized spacial score (nSPS) is 12.4. The first-order valence-electron chi connectivity index (χ1n) is 3.12. The first-order valence-corrected chi connectivity index (χ1v) is 3.12. The molecule has 0 aliphatic rings. The molecule has 0 amide bonds. The van der Waals surface area contributed by atoms with Gasteiger partial charge in [0, 0.05) is 12.4 Å². The molecule has 0 aromatic carbocycles. The van der Waals surface area contributed by atoms with Crippen molar-refractivity contribution in [2.24, 2.45) is 4.99 Å². The van der Waals surface area contributed by atoms with Gasteiger partial charge in [-0.25, -0.2) is 0 Å². The topological polar surface area (TPSA) is 12.4 Å². The predicted octanol–water partition coefficient (Wildman–Crippen LogP) is 2.56. The van der Waals surface area contributed by atoms with Gasteiger partial charge in [-0.15, -0.1) is 0 Å². The van der Waals surface area contributed by atoms with E-state index in [0.717, 1.165) is 12.0 Å². The number of hydrogen-bond acceptors (Lipinski definition) is 1. The van der Waals surface area contributed by atoms with Gasteiger partial charge in [-0.2, -0.15) is 0 Å². The van der Waals surface area contributed by atoms with Gasteiger partial charge in [0.25, 0.3) is 0 Å². The Morgan fingerprint density at radius 2 is 2.33 bits per heavy atom. The molecule has 0 spiro atoms. The summed E-state index contributed by atoms with van der Waals surface area (Å²) in [7, 11) is 0. The molecular weight excluding hydrogens is 110 g/mol. The largest absolute Gasteiger partial charge is 0.269 e. The molecule has 0 N–H and O–H groups in total. The zero-order chi connectivity index (χ0) is 7.11. The van der Waals surface area contributed by atoms with Crippen molar-refractivity contribution in [1.29, 1.82) is 0 Å². The fourth-order valence-corrected chi connectivity index (χ4v) is 0.328. The third-order valence-electron chi connectivity index (χ3n) is 0.888. The molecule has 0 aliphatic heterocycles. The average molecular weight is 123 g/mol. The average Bonchev–Trinajstić information content (AvgIpc) is 1.89. The van der Waals surface area contributed by atoms with Crippen LogP contribution in [0.15, 0.2) is 29.4 Å². The number of nitrogens with zero attached hydrogens (tertiary/aromatic N) is 1. The molecule has 0 saturated heterocycles. The molecule has 0 heterocycles. The monoisotopic (exact) mass is 123 g/mol. The van der Waals surface area contributed by atoms with Crippen LogP contribution in [0.1, 0.15) is 20.3 Å². The molecule has 0 aliphatic carbocycles. The summed E-state index contributed by atoms with van der Waals surface area (Å²) in [4.78, 5) is 4.00. The van der Waals surface area contributed by atoms with Crippen LogP contribution in [0.4, 0.5) is 0 Å². The van der Waals surface area contributed by atoms with Crippen molar-refractivity contribution in [3.8, 4) is 0 Å². The van der Waals surface area contributed by atoms with Crippen molar-refractivity contribution in [1.82, 2.24) is 0 Å². The van der Waals surface area contributed by atoms with Gasteiger partial charge in [-0.1, -0.05) is 19.6 Å². The minimum absolute atomic E-state index is 0.987. The van der Waals surface area contributed by atoms with Gasteiger partial charge in [-0.05, 0) is 18.9 Å². The summed E-state index contributed by atoms with van der Waals surface area (Å²) in [5.41, 5.74) is 1.10. The second kappa shape index (κ2) is 5.29. The van der Waals surface area contributed by atoms with Gasteiger partial charge in [0.15, 0.2) is 0 Å². The Bertz CT molecular complexity index is 132. The van der Waals surface area contributed by atoms with Crippen LogP contribution in [0.3, 0.4) is 0 Å². The van der Waals surface area contributed by atoms with Crippen molar-refractivity contribution in [3.05, 3.63) is 24.4 Å². The zero-order valence-corrected chi connectivity index (χ0v) is 6.09. The summed E-state index contributed by atoms with van der Waals surface area (Å²) >= 11 is 0. The fraction of sp³-hybridized carbons (Fsp3) is 0.375. The van der Waals surface area contributed by atoms with Gasteiger partial charge in [0.05, 0.1) is 0 Å². The molecule has 0 rings (SSSR count). The summed E-state index contributed by atoms with van der Waals surface area (Å²) in [6.07, 6.45) is 6.44. The lowest BCUT2D eigenvalue weighted by molar-refractivity contribution is 1.30. The highest BCUT2D eigenvalue weighted by molar-refractivity contribution is 5.57. The Labute approximate surface area is 56.8 Å². The van der Waals surface area contributed by atoms with Gasteiger partial charge in [0.2, 0.25) is 0 Å². The molecule has 0 bridgehead atoms. The Kier molecular flexibility index (Phi) is 4.79. The molecule has 0 unspecified atom stereocenters. The lowest BCUT2D eigenvalue weighted by Crippen LogP contribution is -1.66. The van der Waals surface area contributed by atoms with Crippen LogP contribution in [0.25, 0.3) is 0 Å². The fourth-order valence-electron chi connectivity index (χ4n) is 0.328. The van der Waals surface area contributed by atoms with E-state index in [9.17, 15) is 0 Å². The minimum atomic E-state index is 0.987. The van der Waals surface area contributed by atoms with Crippen LogP contribution in [-0.4, -0.2) is 6.21 Å². The van der Waals surface area contributed by atoms with E-state index in [2.05, 4.69) is 18.5 Å². The van der Waals surface area contributed by atoms with Crippen LogP contribution in [0, 0.1) is 0 Å². The van der Waals surface area contributed by atoms with E-state index in [1.54, 1.807) is 12.3 Å². The van der Waals surface area contributed by atoms with E-state index in [1.165, 1.54) is 0 Å². The Morgan fingerprint density at radius 3 is 2.78 bits per heavy atom. The van der Waals surface area contributed by atoms with Crippen LogP contribution in [0.5, 0.6) is 0 Å². The number of rotatable bonds is 3. The number of hydrogen-bond donors (Lipinski definition) is 0. The smallest absolute Gasteiger partial charge is 0.0292 e. The highest BCUT2D eigenvalue weighted by Gasteiger charge is 1.72. The van der Waals surface area contributed by atoms with E-state index in [1.807, 2.05) is 13.1 Å². The van der Waals surface area contributed by atoms with E-state index in [-0.39, 0.29) is 0 Å². The molecule has 0 saturated carbocycles. The van der Waals surface area contributed by atoms with Crippen LogP contribution >= 0.6 is 0 Å². The summed E-state index contributed by atoms with van der Waals surface area (Å²) in [6.45, 7) is 7.63. The van der Waals surface area contributed by atoms with Crippen molar-refractivity contribution in [2.75, 3.05) is 0 Å². The molecule has 0 radical (unpaired) electrons. The van der Waals surface area contributed by atoms with Gasteiger partial charge in [-0.3, -0.25) is 4.99 Å². The summed E-state index contributed by atoms with van der Waals surface area (Å²) in [5.74, 6) is 0. The summed E-state index contributed by atoms with van der Waals surface area (Å²) in [5, 5.41) is 0. The molecule has 0 fully saturated rings. The van der Waals surface area contributed by atoms with Crippen LogP contribution in [0.2, 0.25) is 0 Å². The Hall–Kier alpha value is -0.850. The quantitative estimate of drug-likeness (QED) is 0.404. The predicted molar refractivity (Wildman–Crippen MR) is 42.7 cm³/mol. The third kappa shape index (κ3) is 5.01. The van der Waals surface area contributed by atoms with Gasteiger partial charge in [0.1, 0.15) is 0 Å². The summed E-state index contributed by atoms with van der Waals surface area (Å²) < 4.78 is 0. The SMILES string of the molecule is C=C/C(C)=C\N=CCC. The molecule has 1 nitrogen and oxygen atoms in total. The molecule has 0 aromatic rings. The van der Waals surface area contributed by atoms with Crippen molar-refractivity contribution < 1.29 is 0 Å². The van der Waals surface area contributed by atoms with E-state index in [0.29, 0.717) is 0 Å². The van der Waals surface area contributed by atoms with Crippen molar-refractivity contribution in [3.63, 3.8) is 0 Å². The highest BCUT2D eigenvalue weighted by atomic mass is 14.7. The van der Waals surface area contributed by atoms with Crippen LogP contribution in [-0.2, 0) is 0 Å². The maximum atomic E-state index is 4.00. The van der Waals surface area contributed by atoms with Gasteiger partial charge < -0.3 is 0 Å². The molecule has 9 heavy (non-hydrogen) atoms. The van der Waals surface area contributed by atoms with Crippen molar-refractivity contribution >= 4 is 6.21 Å². The molecule has 1 heteroatoms. The van der Waals surface area contributed by atoms with E-state index < -0.39 is 0 Å². The van der Waals surface area contributed by atoms with E-state index >= 15 is 0 Å². The maximum Gasteiger partial charge on any atom is 0.0292 e. The maximum absolute atomic E-state index is 4.00. The van der Waals surface area contributed by atoms with Gasteiger partial charge >= 0.3 is 0 Å². The van der Waals surface area contributed by atoms with Crippen LogP contribution < -0.4 is 0 Å². The molecule has 50 valence electrons. The first kappa shape index (κ1) is 8.15. The highest BCUT2D eigenvalue weighted by Crippen LogP contribution is 1.91. The van der Waals surface area contributed by atoms with Crippen molar-refractivity contribution in [2.45, 2.75) is 20.3 Å². The third-order valence-corrected chi connectivity index (χ3v) is 0.888. The lowest BCUT2D eigenvalue weighted by atomic mass is 10.3. The zero-order valence-electron chi connectivity index (χ0n) is 6.09. The second-order valence-electron chi connectivity index (χ2n) is 1.82. The minimum Gasteiger partial charge on any atom is -0.269 e. The molecule has 0 aromatic heterocycles.